The molecule has 0 aromatic heterocycles. The number of halogens is 1. The summed E-state index contributed by atoms with van der Waals surface area (Å²) in [5, 5.41) is 6.80. The van der Waals surface area contributed by atoms with Gasteiger partial charge >= 0.3 is 0 Å². The fourth-order valence-corrected chi connectivity index (χ4v) is 3.86. The Balaban J connectivity index is 0.00000300. The lowest BCUT2D eigenvalue weighted by molar-refractivity contribution is -0.0453. The van der Waals surface area contributed by atoms with Crippen molar-refractivity contribution in [2.45, 2.75) is 58.7 Å². The zero-order valence-corrected chi connectivity index (χ0v) is 20.4. The van der Waals surface area contributed by atoms with Crippen molar-refractivity contribution in [3.8, 4) is 5.75 Å². The van der Waals surface area contributed by atoms with Gasteiger partial charge in [-0.2, -0.15) is 0 Å². The first-order chi connectivity index (χ1) is 13.7. The largest absolute Gasteiger partial charge is 0.493 e. The van der Waals surface area contributed by atoms with Gasteiger partial charge < -0.3 is 20.1 Å². The molecular weight excluding hydrogens is 479 g/mol. The van der Waals surface area contributed by atoms with Crippen molar-refractivity contribution in [1.82, 2.24) is 15.5 Å². The predicted molar refractivity (Wildman–Crippen MR) is 130 cm³/mol. The summed E-state index contributed by atoms with van der Waals surface area (Å²) in [5.74, 6) is 1.77. The van der Waals surface area contributed by atoms with Gasteiger partial charge in [-0.25, -0.2) is 4.99 Å². The lowest BCUT2D eigenvalue weighted by Gasteiger charge is -2.35. The third kappa shape index (κ3) is 7.29. The van der Waals surface area contributed by atoms with Crippen LogP contribution in [0.1, 0.15) is 44.2 Å². The van der Waals surface area contributed by atoms with E-state index in [9.17, 15) is 0 Å². The average Bonchev–Trinajstić information content (AvgIpc) is 3.17. The third-order valence-electron chi connectivity index (χ3n) is 5.39. The molecule has 1 aromatic rings. The maximum atomic E-state index is 6.05. The van der Waals surface area contributed by atoms with E-state index in [4.69, 9.17) is 14.5 Å². The molecule has 0 spiro atoms. The molecule has 0 bridgehead atoms. The number of ether oxygens (including phenoxy) is 2. The molecule has 3 rings (SSSR count). The molecule has 2 saturated heterocycles. The zero-order chi connectivity index (χ0) is 19.8. The number of aryl methyl sites for hydroxylation is 1. The number of aliphatic imine (C=N–C) groups is 1. The molecule has 0 aliphatic carbocycles. The van der Waals surface area contributed by atoms with E-state index in [1.165, 1.54) is 24.9 Å². The first kappa shape index (κ1) is 24.2. The molecule has 2 atom stereocenters. The number of hydrogen-bond acceptors (Lipinski definition) is 4. The summed E-state index contributed by atoms with van der Waals surface area (Å²) >= 11 is 0. The molecule has 2 aliphatic rings. The van der Waals surface area contributed by atoms with Crippen LogP contribution in [-0.4, -0.2) is 62.4 Å². The van der Waals surface area contributed by atoms with Crippen LogP contribution in [0, 0.1) is 6.92 Å². The predicted octanol–water partition coefficient (Wildman–Crippen LogP) is 3.32. The van der Waals surface area contributed by atoms with Crippen molar-refractivity contribution < 1.29 is 9.47 Å². The van der Waals surface area contributed by atoms with Gasteiger partial charge in [0, 0.05) is 31.2 Å². The number of rotatable bonds is 8. The number of nitrogens with one attached hydrogen (secondary N) is 2. The first-order valence-electron chi connectivity index (χ1n) is 10.8. The molecule has 0 radical (unpaired) electrons. The van der Waals surface area contributed by atoms with Crippen molar-refractivity contribution >= 4 is 29.9 Å². The Morgan fingerprint density at radius 2 is 2.17 bits per heavy atom. The number of morpholine rings is 1. The highest BCUT2D eigenvalue weighted by Gasteiger charge is 2.32. The Morgan fingerprint density at radius 3 is 2.97 bits per heavy atom. The molecule has 164 valence electrons. The second-order valence-electron chi connectivity index (χ2n) is 7.78. The van der Waals surface area contributed by atoms with Crippen LogP contribution in [0.15, 0.2) is 23.2 Å². The van der Waals surface area contributed by atoms with Gasteiger partial charge in [0.15, 0.2) is 5.96 Å². The molecule has 6 nitrogen and oxygen atoms in total. The SMILES string of the molecule is CCCOc1cc(C)ccc1CN=C(NCC)NCC1CN2CCCC2CO1.I. The molecule has 7 heteroatoms. The summed E-state index contributed by atoms with van der Waals surface area (Å²) in [7, 11) is 0. The van der Waals surface area contributed by atoms with Crippen molar-refractivity contribution in [3.63, 3.8) is 0 Å². The second kappa shape index (κ2) is 12.6. The minimum absolute atomic E-state index is 0. The minimum Gasteiger partial charge on any atom is -0.493 e. The number of benzene rings is 1. The highest BCUT2D eigenvalue weighted by atomic mass is 127. The standard InChI is InChI=1S/C22H36N4O2.HI/c1-4-11-27-21-12-17(3)8-9-18(21)13-24-22(23-5-2)25-14-20-15-26-10-6-7-19(26)16-28-20;/h8-9,12,19-20H,4-7,10-11,13-16H2,1-3H3,(H2,23,24,25);1H. The van der Waals surface area contributed by atoms with E-state index in [1.54, 1.807) is 0 Å². The Morgan fingerprint density at radius 1 is 1.31 bits per heavy atom. The highest BCUT2D eigenvalue weighted by molar-refractivity contribution is 14.0. The zero-order valence-electron chi connectivity index (χ0n) is 18.1. The van der Waals surface area contributed by atoms with Crippen LogP contribution in [-0.2, 0) is 11.3 Å². The molecule has 2 aliphatic heterocycles. The van der Waals surface area contributed by atoms with Gasteiger partial charge in [0.05, 0.1) is 25.9 Å². The van der Waals surface area contributed by atoms with E-state index in [0.717, 1.165) is 56.5 Å². The van der Waals surface area contributed by atoms with Gasteiger partial charge in [0.2, 0.25) is 0 Å². The van der Waals surface area contributed by atoms with E-state index < -0.39 is 0 Å². The summed E-state index contributed by atoms with van der Waals surface area (Å²) in [5.41, 5.74) is 2.32. The van der Waals surface area contributed by atoms with Gasteiger partial charge in [-0.05, 0) is 51.3 Å². The molecule has 2 N–H and O–H groups in total. The molecule has 1 aromatic carbocycles. The maximum Gasteiger partial charge on any atom is 0.191 e. The summed E-state index contributed by atoms with van der Waals surface area (Å²) in [6.45, 7) is 12.3. The summed E-state index contributed by atoms with van der Waals surface area (Å²) < 4.78 is 12.0. The Bertz CT molecular complexity index is 656. The highest BCUT2D eigenvalue weighted by Crippen LogP contribution is 2.23. The number of fused-ring (bicyclic) bond motifs is 1. The molecule has 2 heterocycles. The van der Waals surface area contributed by atoms with Crippen LogP contribution < -0.4 is 15.4 Å². The third-order valence-corrected chi connectivity index (χ3v) is 5.39. The van der Waals surface area contributed by atoms with Crippen LogP contribution in [0.2, 0.25) is 0 Å². The molecular formula is C22H37IN4O2. The number of guanidine groups is 1. The van der Waals surface area contributed by atoms with Gasteiger partial charge in [0.1, 0.15) is 5.75 Å². The van der Waals surface area contributed by atoms with Crippen molar-refractivity contribution in [2.75, 3.05) is 39.4 Å². The molecule has 29 heavy (non-hydrogen) atoms. The number of hydrogen-bond donors (Lipinski definition) is 2. The van der Waals surface area contributed by atoms with Gasteiger partial charge in [-0.1, -0.05) is 19.1 Å². The van der Waals surface area contributed by atoms with E-state index in [0.29, 0.717) is 12.6 Å². The lowest BCUT2D eigenvalue weighted by atomic mass is 10.1. The van der Waals surface area contributed by atoms with Gasteiger partial charge in [-0.15, -0.1) is 24.0 Å². The fourth-order valence-electron chi connectivity index (χ4n) is 3.86. The smallest absolute Gasteiger partial charge is 0.191 e. The molecule has 2 unspecified atom stereocenters. The minimum atomic E-state index is 0. The van der Waals surface area contributed by atoms with Crippen LogP contribution >= 0.6 is 24.0 Å². The maximum absolute atomic E-state index is 6.05. The van der Waals surface area contributed by atoms with E-state index in [-0.39, 0.29) is 30.1 Å². The Kier molecular flexibility index (Phi) is 10.5. The van der Waals surface area contributed by atoms with Crippen LogP contribution in [0.5, 0.6) is 5.75 Å². The fraction of sp³-hybridized carbons (Fsp3) is 0.682. The van der Waals surface area contributed by atoms with Crippen molar-refractivity contribution in [3.05, 3.63) is 29.3 Å². The lowest BCUT2D eigenvalue weighted by Crippen LogP contribution is -2.51. The molecule has 0 amide bonds. The summed E-state index contributed by atoms with van der Waals surface area (Å²) in [4.78, 5) is 7.35. The normalized spacial score (nSPS) is 22.0. The molecule has 0 saturated carbocycles. The number of nitrogens with zero attached hydrogens (tertiary/aromatic N) is 2. The van der Waals surface area contributed by atoms with Crippen LogP contribution in [0.25, 0.3) is 0 Å². The topological polar surface area (TPSA) is 58.1 Å². The van der Waals surface area contributed by atoms with E-state index in [1.807, 2.05) is 0 Å². The van der Waals surface area contributed by atoms with Gasteiger partial charge in [-0.3, -0.25) is 4.90 Å². The Labute approximate surface area is 192 Å². The van der Waals surface area contributed by atoms with Gasteiger partial charge in [0.25, 0.3) is 0 Å². The van der Waals surface area contributed by atoms with Crippen LogP contribution in [0.3, 0.4) is 0 Å². The average molecular weight is 516 g/mol. The van der Waals surface area contributed by atoms with E-state index >= 15 is 0 Å². The first-order valence-corrected chi connectivity index (χ1v) is 10.8. The Hall–Kier alpha value is -1.06. The second-order valence-corrected chi connectivity index (χ2v) is 7.78. The van der Waals surface area contributed by atoms with Crippen molar-refractivity contribution in [2.24, 2.45) is 4.99 Å². The summed E-state index contributed by atoms with van der Waals surface area (Å²) in [6.07, 6.45) is 3.81. The molecule has 2 fully saturated rings. The van der Waals surface area contributed by atoms with Crippen LogP contribution in [0.4, 0.5) is 0 Å². The van der Waals surface area contributed by atoms with E-state index in [2.05, 4.69) is 54.5 Å². The quantitative estimate of drug-likeness (QED) is 0.316. The monoisotopic (exact) mass is 516 g/mol. The van der Waals surface area contributed by atoms with Crippen molar-refractivity contribution in [1.29, 1.82) is 0 Å². The summed E-state index contributed by atoms with van der Waals surface area (Å²) in [6, 6.07) is 6.97.